The Morgan fingerprint density at radius 2 is 1.94 bits per heavy atom. The summed E-state index contributed by atoms with van der Waals surface area (Å²) in [5.41, 5.74) is 3.09. The normalized spacial score (nSPS) is 11.9. The summed E-state index contributed by atoms with van der Waals surface area (Å²) in [5, 5.41) is 0. The van der Waals surface area contributed by atoms with Crippen LogP contribution in [-0.2, 0) is 16.6 Å². The molecule has 0 amide bonds. The van der Waals surface area contributed by atoms with Gasteiger partial charge in [0.25, 0.3) is 0 Å². The standard InChI is InChI=1S/C13H21NO3S/c1-9(2)12-7-11(8-14-18(5,15)16)10(3)6-13(12)17-4/h6-7,9,14H,8H2,1-5H3. The second-order valence-corrected chi connectivity index (χ2v) is 6.60. The Morgan fingerprint density at radius 3 is 2.39 bits per heavy atom. The van der Waals surface area contributed by atoms with Crippen LogP contribution in [0.2, 0.25) is 0 Å². The van der Waals surface area contributed by atoms with Gasteiger partial charge in [0.1, 0.15) is 5.75 Å². The summed E-state index contributed by atoms with van der Waals surface area (Å²) < 4.78 is 30.1. The maximum Gasteiger partial charge on any atom is 0.209 e. The molecule has 0 aliphatic rings. The Morgan fingerprint density at radius 1 is 1.33 bits per heavy atom. The van der Waals surface area contributed by atoms with E-state index in [0.717, 1.165) is 28.7 Å². The SMILES string of the molecule is COc1cc(C)c(CNS(C)(=O)=O)cc1C(C)C. The van der Waals surface area contributed by atoms with E-state index in [0.29, 0.717) is 12.5 Å². The minimum Gasteiger partial charge on any atom is -0.496 e. The number of rotatable bonds is 5. The van der Waals surface area contributed by atoms with Gasteiger partial charge in [0.2, 0.25) is 10.0 Å². The molecule has 0 aromatic heterocycles. The van der Waals surface area contributed by atoms with Crippen molar-refractivity contribution in [1.29, 1.82) is 0 Å². The van der Waals surface area contributed by atoms with Crippen molar-refractivity contribution < 1.29 is 13.2 Å². The van der Waals surface area contributed by atoms with Crippen molar-refractivity contribution >= 4 is 10.0 Å². The minimum absolute atomic E-state index is 0.314. The van der Waals surface area contributed by atoms with Crippen LogP contribution < -0.4 is 9.46 Å². The van der Waals surface area contributed by atoms with Crippen molar-refractivity contribution in [2.45, 2.75) is 33.2 Å². The molecule has 0 atom stereocenters. The first-order valence-corrected chi connectivity index (χ1v) is 7.75. The van der Waals surface area contributed by atoms with Gasteiger partial charge in [-0.1, -0.05) is 19.9 Å². The fourth-order valence-corrected chi connectivity index (χ4v) is 2.19. The quantitative estimate of drug-likeness (QED) is 0.893. The maximum atomic E-state index is 11.1. The molecule has 0 aliphatic carbocycles. The van der Waals surface area contributed by atoms with Gasteiger partial charge < -0.3 is 4.74 Å². The summed E-state index contributed by atoms with van der Waals surface area (Å²) >= 11 is 0. The number of aryl methyl sites for hydroxylation is 1. The van der Waals surface area contributed by atoms with Crippen LogP contribution in [0.5, 0.6) is 5.75 Å². The number of hydrogen-bond donors (Lipinski definition) is 1. The first kappa shape index (κ1) is 15.0. The summed E-state index contributed by atoms with van der Waals surface area (Å²) in [5.74, 6) is 1.18. The van der Waals surface area contributed by atoms with Crippen LogP contribution in [0.3, 0.4) is 0 Å². The third-order valence-corrected chi connectivity index (χ3v) is 3.50. The molecule has 4 nitrogen and oxygen atoms in total. The van der Waals surface area contributed by atoms with E-state index in [2.05, 4.69) is 18.6 Å². The molecule has 0 aliphatic heterocycles. The molecule has 0 saturated carbocycles. The molecule has 0 bridgehead atoms. The van der Waals surface area contributed by atoms with Crippen LogP contribution in [0.25, 0.3) is 0 Å². The van der Waals surface area contributed by atoms with E-state index in [-0.39, 0.29) is 0 Å². The molecule has 18 heavy (non-hydrogen) atoms. The fourth-order valence-electron chi connectivity index (χ4n) is 1.77. The number of benzene rings is 1. The average molecular weight is 271 g/mol. The lowest BCUT2D eigenvalue weighted by molar-refractivity contribution is 0.407. The first-order chi connectivity index (χ1) is 8.24. The number of sulfonamides is 1. The molecule has 1 N–H and O–H groups in total. The highest BCUT2D eigenvalue weighted by molar-refractivity contribution is 7.88. The smallest absolute Gasteiger partial charge is 0.209 e. The third-order valence-electron chi connectivity index (χ3n) is 2.84. The predicted molar refractivity (Wildman–Crippen MR) is 73.5 cm³/mol. The lowest BCUT2D eigenvalue weighted by atomic mass is 9.96. The lowest BCUT2D eigenvalue weighted by Crippen LogP contribution is -2.21. The van der Waals surface area contributed by atoms with Gasteiger partial charge in [0.15, 0.2) is 0 Å². The summed E-state index contributed by atoms with van der Waals surface area (Å²) in [6, 6.07) is 3.96. The van der Waals surface area contributed by atoms with Crippen molar-refractivity contribution in [3.63, 3.8) is 0 Å². The monoisotopic (exact) mass is 271 g/mol. The Hall–Kier alpha value is -1.07. The van der Waals surface area contributed by atoms with Gasteiger partial charge in [0.05, 0.1) is 13.4 Å². The molecular weight excluding hydrogens is 250 g/mol. The van der Waals surface area contributed by atoms with Gasteiger partial charge in [-0.05, 0) is 35.6 Å². The molecule has 1 aromatic carbocycles. The average Bonchev–Trinajstić information content (AvgIpc) is 2.25. The second kappa shape index (κ2) is 5.71. The Balaban J connectivity index is 3.09. The highest BCUT2D eigenvalue weighted by Crippen LogP contribution is 2.29. The van der Waals surface area contributed by atoms with E-state index >= 15 is 0 Å². The summed E-state index contributed by atoms with van der Waals surface area (Å²) in [6.07, 6.45) is 1.16. The van der Waals surface area contributed by atoms with Gasteiger partial charge in [-0.25, -0.2) is 13.1 Å². The van der Waals surface area contributed by atoms with Crippen molar-refractivity contribution in [1.82, 2.24) is 4.72 Å². The molecule has 0 radical (unpaired) electrons. The Bertz CT molecular complexity index is 521. The first-order valence-electron chi connectivity index (χ1n) is 5.86. The molecule has 0 fully saturated rings. The van der Waals surface area contributed by atoms with Crippen LogP contribution >= 0.6 is 0 Å². The van der Waals surface area contributed by atoms with E-state index in [9.17, 15) is 8.42 Å². The van der Waals surface area contributed by atoms with Gasteiger partial charge in [-0.15, -0.1) is 0 Å². The molecule has 102 valence electrons. The molecule has 0 heterocycles. The van der Waals surface area contributed by atoms with Crippen LogP contribution in [0.4, 0.5) is 0 Å². The van der Waals surface area contributed by atoms with Crippen molar-refractivity contribution in [3.05, 3.63) is 28.8 Å². The maximum absolute atomic E-state index is 11.1. The molecule has 1 rings (SSSR count). The summed E-state index contributed by atoms with van der Waals surface area (Å²) in [6.45, 7) is 6.43. The van der Waals surface area contributed by atoms with Gasteiger partial charge >= 0.3 is 0 Å². The predicted octanol–water partition coefficient (Wildman–Crippen LogP) is 2.18. The molecular formula is C13H21NO3S. The van der Waals surface area contributed by atoms with E-state index in [1.54, 1.807) is 7.11 Å². The van der Waals surface area contributed by atoms with E-state index in [4.69, 9.17) is 4.74 Å². The summed E-state index contributed by atoms with van der Waals surface area (Å²) in [7, 11) is -1.52. The molecule has 0 spiro atoms. The lowest BCUT2D eigenvalue weighted by Gasteiger charge is -2.16. The zero-order valence-corrected chi connectivity index (χ0v) is 12.4. The van der Waals surface area contributed by atoms with Gasteiger partial charge in [-0.3, -0.25) is 0 Å². The van der Waals surface area contributed by atoms with E-state index < -0.39 is 10.0 Å². The van der Waals surface area contributed by atoms with Crippen molar-refractivity contribution in [2.24, 2.45) is 0 Å². The van der Waals surface area contributed by atoms with Crippen molar-refractivity contribution in [2.75, 3.05) is 13.4 Å². The number of methoxy groups -OCH3 is 1. The van der Waals surface area contributed by atoms with Crippen LogP contribution in [0.15, 0.2) is 12.1 Å². The highest BCUT2D eigenvalue weighted by atomic mass is 32.2. The third kappa shape index (κ3) is 3.99. The van der Waals surface area contributed by atoms with Crippen LogP contribution in [0, 0.1) is 6.92 Å². The van der Waals surface area contributed by atoms with E-state index in [1.165, 1.54) is 0 Å². The molecule has 0 unspecified atom stereocenters. The topological polar surface area (TPSA) is 55.4 Å². The van der Waals surface area contributed by atoms with Crippen LogP contribution in [0.1, 0.15) is 36.5 Å². The summed E-state index contributed by atoms with van der Waals surface area (Å²) in [4.78, 5) is 0. The number of nitrogens with one attached hydrogen (secondary N) is 1. The molecule has 5 heteroatoms. The minimum atomic E-state index is -3.17. The Labute approximate surface area is 109 Å². The number of ether oxygens (including phenoxy) is 1. The Kier molecular flexibility index (Phi) is 4.76. The van der Waals surface area contributed by atoms with Gasteiger partial charge in [-0.2, -0.15) is 0 Å². The second-order valence-electron chi connectivity index (χ2n) is 4.77. The highest BCUT2D eigenvalue weighted by Gasteiger charge is 2.12. The zero-order chi connectivity index (χ0) is 13.9. The molecule has 1 aromatic rings. The van der Waals surface area contributed by atoms with Crippen molar-refractivity contribution in [3.8, 4) is 5.75 Å². The van der Waals surface area contributed by atoms with E-state index in [1.807, 2.05) is 19.1 Å². The number of hydrogen-bond acceptors (Lipinski definition) is 3. The molecule has 0 saturated heterocycles. The van der Waals surface area contributed by atoms with Gasteiger partial charge in [0, 0.05) is 6.54 Å². The zero-order valence-electron chi connectivity index (χ0n) is 11.6. The largest absolute Gasteiger partial charge is 0.496 e. The van der Waals surface area contributed by atoms with Crippen LogP contribution in [-0.4, -0.2) is 21.8 Å². The fraction of sp³-hybridized carbons (Fsp3) is 0.538.